The number of amides is 1. The number of nitrogens with one attached hydrogen (secondary N) is 1. The van der Waals surface area contributed by atoms with E-state index in [9.17, 15) is 23.5 Å². The smallest absolute Gasteiger partial charge is 0.251 e. The normalized spacial score (nSPS) is 13.7. The molecule has 1 amide bonds. The van der Waals surface area contributed by atoms with Crippen LogP contribution in [0.25, 0.3) is 10.9 Å². The van der Waals surface area contributed by atoms with E-state index in [2.05, 4.69) is 5.32 Å². The number of nitrogens with two attached hydrogens (primary N) is 2. The highest BCUT2D eigenvalue weighted by molar-refractivity contribution is 5.95. The Bertz CT molecular complexity index is 1440. The Balaban J connectivity index is 1.31. The van der Waals surface area contributed by atoms with Gasteiger partial charge < -0.3 is 26.5 Å². The first-order chi connectivity index (χ1) is 18.2. The molecule has 0 aliphatic heterocycles. The van der Waals surface area contributed by atoms with E-state index >= 15 is 0 Å². The van der Waals surface area contributed by atoms with Gasteiger partial charge in [0.1, 0.15) is 17.7 Å². The van der Waals surface area contributed by atoms with Crippen molar-refractivity contribution in [1.29, 1.82) is 0 Å². The molecule has 1 aromatic heterocycles. The van der Waals surface area contributed by atoms with Crippen molar-refractivity contribution < 1.29 is 23.5 Å². The molecule has 0 aliphatic rings. The second kappa shape index (κ2) is 12.1. The summed E-state index contributed by atoms with van der Waals surface area (Å²) in [5.41, 5.74) is 14.1. The van der Waals surface area contributed by atoms with Crippen LogP contribution in [0.4, 0.5) is 8.78 Å². The molecule has 3 atom stereocenters. The molecule has 3 unspecified atom stereocenters. The molecular formula is C29H30F2N4O3. The molecule has 0 spiro atoms. The van der Waals surface area contributed by atoms with E-state index in [1.165, 1.54) is 0 Å². The predicted octanol–water partition coefficient (Wildman–Crippen LogP) is 2.72. The SMILES string of the molecule is NC(CNC(=O)c1cccc(CC(=O)C(O)C(N)Cn2ccc3ccccc32)c1)Cc1cc(F)ccc1F. The van der Waals surface area contributed by atoms with Gasteiger partial charge in [-0.25, -0.2) is 8.78 Å². The first kappa shape index (κ1) is 27.1. The Labute approximate surface area is 219 Å². The third-order valence-corrected chi connectivity index (χ3v) is 6.41. The van der Waals surface area contributed by atoms with Gasteiger partial charge in [-0.15, -0.1) is 0 Å². The van der Waals surface area contributed by atoms with E-state index in [1.807, 2.05) is 41.1 Å². The van der Waals surface area contributed by atoms with Crippen molar-refractivity contribution in [3.8, 4) is 0 Å². The predicted molar refractivity (Wildman–Crippen MR) is 141 cm³/mol. The quantitative estimate of drug-likeness (QED) is 0.242. The van der Waals surface area contributed by atoms with Crippen LogP contribution in [0.2, 0.25) is 0 Å². The molecule has 0 fully saturated rings. The van der Waals surface area contributed by atoms with E-state index in [1.54, 1.807) is 24.3 Å². The minimum Gasteiger partial charge on any atom is -0.384 e. The van der Waals surface area contributed by atoms with Crippen molar-refractivity contribution in [2.75, 3.05) is 6.54 Å². The topological polar surface area (TPSA) is 123 Å². The van der Waals surface area contributed by atoms with Gasteiger partial charge >= 0.3 is 0 Å². The molecule has 0 radical (unpaired) electrons. The molecule has 7 nitrogen and oxygen atoms in total. The molecule has 1 heterocycles. The number of benzene rings is 3. The van der Waals surface area contributed by atoms with Gasteiger partial charge in [-0.3, -0.25) is 9.59 Å². The molecule has 0 aliphatic carbocycles. The fourth-order valence-electron chi connectivity index (χ4n) is 4.37. The minimum absolute atomic E-state index is 0.0413. The van der Waals surface area contributed by atoms with E-state index in [-0.39, 0.29) is 31.5 Å². The average molecular weight is 521 g/mol. The lowest BCUT2D eigenvalue weighted by atomic mass is 9.99. The number of hydrogen-bond acceptors (Lipinski definition) is 5. The number of para-hydroxylation sites is 1. The Kier molecular flexibility index (Phi) is 8.62. The highest BCUT2D eigenvalue weighted by Crippen LogP contribution is 2.16. The molecule has 4 rings (SSSR count). The van der Waals surface area contributed by atoms with Gasteiger partial charge in [0.15, 0.2) is 5.78 Å². The lowest BCUT2D eigenvalue weighted by Crippen LogP contribution is -2.44. The van der Waals surface area contributed by atoms with Gasteiger partial charge in [0, 0.05) is 42.8 Å². The molecule has 0 saturated heterocycles. The lowest BCUT2D eigenvalue weighted by molar-refractivity contribution is -0.127. The molecule has 38 heavy (non-hydrogen) atoms. The number of carbonyl (C=O) groups excluding carboxylic acids is 2. The van der Waals surface area contributed by atoms with E-state index < -0.39 is 41.5 Å². The van der Waals surface area contributed by atoms with Gasteiger partial charge in [0.25, 0.3) is 5.91 Å². The first-order valence-electron chi connectivity index (χ1n) is 12.3. The molecule has 0 bridgehead atoms. The summed E-state index contributed by atoms with van der Waals surface area (Å²) in [6.07, 6.45) is 0.440. The summed E-state index contributed by atoms with van der Waals surface area (Å²) in [6.45, 7) is 0.308. The van der Waals surface area contributed by atoms with Gasteiger partial charge in [-0.2, -0.15) is 0 Å². The Morgan fingerprint density at radius 2 is 1.76 bits per heavy atom. The van der Waals surface area contributed by atoms with Crippen LogP contribution >= 0.6 is 0 Å². The van der Waals surface area contributed by atoms with Crippen LogP contribution in [0.3, 0.4) is 0 Å². The van der Waals surface area contributed by atoms with Gasteiger partial charge in [0.05, 0.1) is 6.04 Å². The summed E-state index contributed by atoms with van der Waals surface area (Å²) >= 11 is 0. The summed E-state index contributed by atoms with van der Waals surface area (Å²) in [4.78, 5) is 25.4. The number of hydrogen-bond donors (Lipinski definition) is 4. The average Bonchev–Trinajstić information content (AvgIpc) is 3.31. The standard InChI is InChI=1S/C29H30F2N4O3/c30-22-8-9-24(31)21(14-22)15-23(32)16-34-29(38)20-6-3-4-18(12-20)13-27(36)28(37)25(33)17-35-11-10-19-5-1-2-7-26(19)35/h1-12,14,23,25,28,37H,13,15-17,32-33H2,(H,34,38). The molecule has 198 valence electrons. The van der Waals surface area contributed by atoms with E-state index in [0.29, 0.717) is 11.1 Å². The van der Waals surface area contributed by atoms with Crippen molar-refractivity contribution in [2.24, 2.45) is 11.5 Å². The second-order valence-electron chi connectivity index (χ2n) is 9.39. The maximum atomic E-state index is 13.8. The van der Waals surface area contributed by atoms with E-state index in [4.69, 9.17) is 11.5 Å². The Morgan fingerprint density at radius 3 is 2.58 bits per heavy atom. The number of ketones is 1. The largest absolute Gasteiger partial charge is 0.384 e. The zero-order valence-electron chi connectivity index (χ0n) is 20.7. The summed E-state index contributed by atoms with van der Waals surface area (Å²) in [7, 11) is 0. The third kappa shape index (κ3) is 6.69. The lowest BCUT2D eigenvalue weighted by Gasteiger charge is -2.19. The molecule has 0 saturated carbocycles. The van der Waals surface area contributed by atoms with Crippen LogP contribution < -0.4 is 16.8 Å². The number of carbonyl (C=O) groups is 2. The van der Waals surface area contributed by atoms with Crippen molar-refractivity contribution >= 4 is 22.6 Å². The number of aliphatic hydroxyl groups excluding tert-OH is 1. The van der Waals surface area contributed by atoms with Crippen molar-refractivity contribution in [3.63, 3.8) is 0 Å². The van der Waals surface area contributed by atoms with Gasteiger partial charge in [-0.05, 0) is 65.4 Å². The van der Waals surface area contributed by atoms with Crippen LogP contribution in [0, 0.1) is 11.6 Å². The maximum absolute atomic E-state index is 13.8. The second-order valence-corrected chi connectivity index (χ2v) is 9.39. The summed E-state index contributed by atoms with van der Waals surface area (Å²) in [5.74, 6) is -2.00. The van der Waals surface area contributed by atoms with Crippen LogP contribution in [0.5, 0.6) is 0 Å². The highest BCUT2D eigenvalue weighted by atomic mass is 19.1. The van der Waals surface area contributed by atoms with Gasteiger partial charge in [0.2, 0.25) is 0 Å². The summed E-state index contributed by atoms with van der Waals surface area (Å²) in [5, 5.41) is 14.3. The number of nitrogens with zero attached hydrogens (tertiary/aromatic N) is 1. The fraction of sp³-hybridized carbons (Fsp3) is 0.241. The first-order valence-corrected chi connectivity index (χ1v) is 12.3. The number of aliphatic hydroxyl groups is 1. The maximum Gasteiger partial charge on any atom is 0.251 e. The molecular weight excluding hydrogens is 490 g/mol. The van der Waals surface area contributed by atoms with Crippen molar-refractivity contribution in [2.45, 2.75) is 37.6 Å². The molecule has 3 aromatic carbocycles. The minimum atomic E-state index is -1.38. The zero-order chi connectivity index (χ0) is 27.2. The van der Waals surface area contributed by atoms with Crippen molar-refractivity contribution in [1.82, 2.24) is 9.88 Å². The van der Waals surface area contributed by atoms with Crippen LogP contribution in [-0.2, 0) is 24.2 Å². The number of halogens is 2. The monoisotopic (exact) mass is 520 g/mol. The van der Waals surface area contributed by atoms with Crippen LogP contribution in [0.15, 0.2) is 79.0 Å². The molecule has 4 aromatic rings. The summed E-state index contributed by atoms with van der Waals surface area (Å²) in [6, 6.07) is 17.9. The number of aromatic nitrogens is 1. The zero-order valence-corrected chi connectivity index (χ0v) is 20.7. The number of rotatable bonds is 11. The highest BCUT2D eigenvalue weighted by Gasteiger charge is 2.24. The van der Waals surface area contributed by atoms with Gasteiger partial charge in [-0.1, -0.05) is 30.3 Å². The van der Waals surface area contributed by atoms with Crippen LogP contribution in [-0.4, -0.2) is 46.1 Å². The number of Topliss-reactive ketones (excluding diaryl/α,β-unsaturated/α-hetero) is 1. The third-order valence-electron chi connectivity index (χ3n) is 6.41. The Hall–Kier alpha value is -3.92. The Morgan fingerprint density at radius 1 is 0.974 bits per heavy atom. The van der Waals surface area contributed by atoms with E-state index in [0.717, 1.165) is 29.1 Å². The summed E-state index contributed by atoms with van der Waals surface area (Å²) < 4.78 is 29.1. The molecule has 9 heteroatoms. The van der Waals surface area contributed by atoms with Crippen LogP contribution in [0.1, 0.15) is 21.5 Å². The van der Waals surface area contributed by atoms with Crippen molar-refractivity contribution in [3.05, 3.63) is 107 Å². The number of fused-ring (bicyclic) bond motifs is 1. The molecule has 6 N–H and O–H groups in total. The fourth-order valence-corrected chi connectivity index (χ4v) is 4.37.